The summed E-state index contributed by atoms with van der Waals surface area (Å²) in [6.07, 6.45) is 14.9. The van der Waals surface area contributed by atoms with Gasteiger partial charge in [-0.1, -0.05) is 65.0 Å². The summed E-state index contributed by atoms with van der Waals surface area (Å²) >= 11 is 0. The van der Waals surface area contributed by atoms with Crippen LogP contribution in [0.15, 0.2) is 30.5 Å². The van der Waals surface area contributed by atoms with E-state index in [1.165, 1.54) is 55.3 Å². The number of aromatic nitrogens is 1. The van der Waals surface area contributed by atoms with E-state index >= 15 is 0 Å². The molecule has 2 nitrogen and oxygen atoms in total. The fraction of sp³-hybridized carbons (Fsp3) is 0.533. The van der Waals surface area contributed by atoms with Gasteiger partial charge in [-0.15, -0.1) is 0 Å². The van der Waals surface area contributed by atoms with Gasteiger partial charge in [0.1, 0.15) is 0 Å². The molecule has 0 radical (unpaired) electrons. The highest BCUT2D eigenvalue weighted by atomic mass is 14.7. The van der Waals surface area contributed by atoms with Gasteiger partial charge in [0.05, 0.1) is 11.6 Å². The normalized spacial score (nSPS) is 18.2. The summed E-state index contributed by atoms with van der Waals surface area (Å²) in [7, 11) is 0. The number of hydrogen-bond acceptors (Lipinski definition) is 2. The first-order valence-electron chi connectivity index (χ1n) is 12.4. The van der Waals surface area contributed by atoms with Crippen LogP contribution in [0.3, 0.4) is 0 Å². The van der Waals surface area contributed by atoms with Crippen LogP contribution in [0.5, 0.6) is 0 Å². The van der Waals surface area contributed by atoms with E-state index in [9.17, 15) is 5.26 Å². The lowest BCUT2D eigenvalue weighted by molar-refractivity contribution is 0.312. The maximum Gasteiger partial charge on any atom is 0.0994 e. The lowest BCUT2D eigenvalue weighted by atomic mass is 9.75. The van der Waals surface area contributed by atoms with Gasteiger partial charge in [0, 0.05) is 17.5 Å². The number of hydrogen-bond donors (Lipinski definition) is 0. The van der Waals surface area contributed by atoms with Crippen molar-refractivity contribution in [3.05, 3.63) is 69.5 Å². The maximum absolute atomic E-state index is 9.39. The summed E-state index contributed by atoms with van der Waals surface area (Å²) in [4.78, 5) is 4.76. The molecule has 2 aromatic rings. The van der Waals surface area contributed by atoms with Crippen LogP contribution < -0.4 is 0 Å². The van der Waals surface area contributed by atoms with Gasteiger partial charge in [-0.05, 0) is 91.3 Å². The predicted molar refractivity (Wildman–Crippen MR) is 136 cm³/mol. The van der Waals surface area contributed by atoms with Gasteiger partial charge in [-0.25, -0.2) is 0 Å². The topological polar surface area (TPSA) is 36.7 Å². The molecule has 0 amide bonds. The molecule has 170 valence electrons. The smallest absolute Gasteiger partial charge is 0.0994 e. The van der Waals surface area contributed by atoms with E-state index in [2.05, 4.69) is 58.9 Å². The molecule has 0 unspecified atom stereocenters. The Hall–Kier alpha value is -2.40. The molecule has 0 aliphatic heterocycles. The van der Waals surface area contributed by atoms with Gasteiger partial charge in [-0.2, -0.15) is 5.26 Å². The second-order valence-corrected chi connectivity index (χ2v) is 10.7. The molecule has 1 fully saturated rings. The Morgan fingerprint density at radius 2 is 1.81 bits per heavy atom. The van der Waals surface area contributed by atoms with Crippen molar-refractivity contribution >= 4 is 5.57 Å². The van der Waals surface area contributed by atoms with Crippen LogP contribution in [-0.2, 0) is 12.8 Å². The fourth-order valence-corrected chi connectivity index (χ4v) is 5.17. The number of fused-ring (bicyclic) bond motifs is 1. The number of aryl methyl sites for hydroxylation is 3. The minimum absolute atomic E-state index is 0.344. The molecule has 1 saturated carbocycles. The van der Waals surface area contributed by atoms with Gasteiger partial charge in [-0.3, -0.25) is 4.98 Å². The second-order valence-electron chi connectivity index (χ2n) is 10.7. The van der Waals surface area contributed by atoms with Gasteiger partial charge in [0.25, 0.3) is 0 Å². The van der Waals surface area contributed by atoms with Crippen LogP contribution in [0.1, 0.15) is 105 Å². The third-order valence-electron chi connectivity index (χ3n) is 7.24. The number of nitriles is 1. The highest BCUT2D eigenvalue weighted by Crippen LogP contribution is 2.36. The monoisotopic (exact) mass is 428 g/mol. The summed E-state index contributed by atoms with van der Waals surface area (Å²) in [6, 6.07) is 8.74. The van der Waals surface area contributed by atoms with Crippen LogP contribution in [0.2, 0.25) is 0 Å². The van der Waals surface area contributed by atoms with Crippen molar-refractivity contribution < 1.29 is 0 Å². The van der Waals surface area contributed by atoms with Crippen LogP contribution in [-0.4, -0.2) is 4.98 Å². The zero-order chi connectivity index (χ0) is 23.3. The number of nitrogens with zero attached hydrogens (tertiary/aromatic N) is 2. The highest BCUT2D eigenvalue weighted by Gasteiger charge is 2.26. The molecule has 1 aromatic heterocycles. The zero-order valence-electron chi connectivity index (χ0n) is 21.0. The lowest BCUT2D eigenvalue weighted by Crippen LogP contribution is -2.23. The average molecular weight is 429 g/mol. The largest absolute Gasteiger partial charge is 0.260 e. The Morgan fingerprint density at radius 3 is 2.41 bits per heavy atom. The zero-order valence-corrected chi connectivity index (χ0v) is 21.0. The minimum Gasteiger partial charge on any atom is -0.260 e. The van der Waals surface area contributed by atoms with Crippen LogP contribution >= 0.6 is 0 Å². The number of pyridine rings is 1. The Labute approximate surface area is 195 Å². The first kappa shape index (κ1) is 24.2. The number of allylic oxidation sites excluding steroid dienone is 1. The van der Waals surface area contributed by atoms with Gasteiger partial charge >= 0.3 is 0 Å². The molecule has 0 saturated heterocycles. The van der Waals surface area contributed by atoms with Crippen molar-refractivity contribution in [2.75, 3.05) is 0 Å². The second kappa shape index (κ2) is 10.5. The quantitative estimate of drug-likeness (QED) is 0.484. The molecule has 2 aliphatic carbocycles. The van der Waals surface area contributed by atoms with Gasteiger partial charge in [0.2, 0.25) is 0 Å². The van der Waals surface area contributed by atoms with Crippen LogP contribution in [0.25, 0.3) is 5.57 Å². The molecule has 2 heteroatoms. The van der Waals surface area contributed by atoms with Crippen molar-refractivity contribution in [1.29, 1.82) is 5.26 Å². The highest BCUT2D eigenvalue weighted by molar-refractivity contribution is 5.82. The van der Waals surface area contributed by atoms with E-state index in [1.807, 2.05) is 19.2 Å². The van der Waals surface area contributed by atoms with Crippen molar-refractivity contribution in [2.45, 2.75) is 92.9 Å². The third kappa shape index (κ3) is 5.89. The maximum atomic E-state index is 9.39. The van der Waals surface area contributed by atoms with E-state index in [-0.39, 0.29) is 0 Å². The molecule has 0 N–H and O–H groups in total. The molecule has 0 spiro atoms. The Balaban J connectivity index is 0.000000352. The average Bonchev–Trinajstić information content (AvgIpc) is 2.76. The van der Waals surface area contributed by atoms with Crippen LogP contribution in [0, 0.1) is 36.5 Å². The molecule has 0 atom stereocenters. The number of benzene rings is 1. The Morgan fingerprint density at radius 1 is 1.09 bits per heavy atom. The van der Waals surface area contributed by atoms with Gasteiger partial charge in [0.15, 0.2) is 0 Å². The van der Waals surface area contributed by atoms with Gasteiger partial charge < -0.3 is 0 Å². The SMILES string of the molecule is C/C=C(/c1cnc2c(c1)CC(C)(C)CC2)c1cc(C#N)c(C)cc1C.CC1CCCCC1. The lowest BCUT2D eigenvalue weighted by Gasteiger charge is -2.31. The van der Waals surface area contributed by atoms with Crippen molar-refractivity contribution in [2.24, 2.45) is 11.3 Å². The molecule has 4 rings (SSSR count). The van der Waals surface area contributed by atoms with E-state index in [4.69, 9.17) is 4.98 Å². The standard InChI is InChI=1S/C23H26N2.C7H14/c1-6-20(21-11-18(13-24)15(2)9-16(21)3)19-10-17-12-23(4,5)8-7-22(17)25-14-19;1-7-5-3-2-4-6-7/h6,9-11,14H,7-8,12H2,1-5H3;7H,2-6H2,1H3/b20-6-;. The van der Waals surface area contributed by atoms with E-state index in [1.54, 1.807) is 0 Å². The molecule has 0 bridgehead atoms. The summed E-state index contributed by atoms with van der Waals surface area (Å²) in [5.74, 6) is 1.04. The summed E-state index contributed by atoms with van der Waals surface area (Å²) < 4.78 is 0. The van der Waals surface area contributed by atoms with E-state index in [0.29, 0.717) is 5.41 Å². The Kier molecular flexibility index (Phi) is 7.94. The predicted octanol–water partition coefficient (Wildman–Crippen LogP) is 8.12. The Bertz CT molecular complexity index is 1010. The summed E-state index contributed by atoms with van der Waals surface area (Å²) in [5, 5.41) is 9.39. The van der Waals surface area contributed by atoms with E-state index < -0.39 is 0 Å². The molecule has 1 aromatic carbocycles. The summed E-state index contributed by atoms with van der Waals surface area (Å²) in [6.45, 7) is 13.2. The fourth-order valence-electron chi connectivity index (χ4n) is 5.17. The molecular formula is C30H40N2. The van der Waals surface area contributed by atoms with Crippen molar-refractivity contribution in [1.82, 2.24) is 4.98 Å². The minimum atomic E-state index is 0.344. The van der Waals surface area contributed by atoms with Crippen molar-refractivity contribution in [3.8, 4) is 6.07 Å². The van der Waals surface area contributed by atoms with Crippen molar-refractivity contribution in [3.63, 3.8) is 0 Å². The number of rotatable bonds is 2. The molecule has 32 heavy (non-hydrogen) atoms. The molecule has 1 heterocycles. The summed E-state index contributed by atoms with van der Waals surface area (Å²) in [5.41, 5.74) is 9.37. The molecule has 2 aliphatic rings. The first-order chi connectivity index (χ1) is 15.2. The first-order valence-corrected chi connectivity index (χ1v) is 12.4. The molecular weight excluding hydrogens is 388 g/mol. The third-order valence-corrected chi connectivity index (χ3v) is 7.24. The van der Waals surface area contributed by atoms with E-state index in [0.717, 1.165) is 46.6 Å². The van der Waals surface area contributed by atoms with Crippen LogP contribution in [0.4, 0.5) is 0 Å².